The van der Waals surface area contributed by atoms with E-state index in [1.54, 1.807) is 0 Å². The van der Waals surface area contributed by atoms with Gasteiger partial charge >= 0.3 is 0 Å². The third kappa shape index (κ3) is 1.90. The highest BCUT2D eigenvalue weighted by Gasteiger charge is 2.45. The van der Waals surface area contributed by atoms with Gasteiger partial charge in [-0.2, -0.15) is 0 Å². The van der Waals surface area contributed by atoms with Crippen LogP contribution in [0.3, 0.4) is 0 Å². The van der Waals surface area contributed by atoms with Gasteiger partial charge in [0, 0.05) is 5.56 Å². The van der Waals surface area contributed by atoms with Crippen LogP contribution < -0.4 is 0 Å². The molecule has 1 aliphatic rings. The summed E-state index contributed by atoms with van der Waals surface area (Å²) < 4.78 is 66.0. The van der Waals surface area contributed by atoms with Crippen molar-refractivity contribution in [2.75, 3.05) is 0 Å². The van der Waals surface area contributed by atoms with Crippen molar-refractivity contribution in [3.05, 3.63) is 58.9 Å². The molecule has 1 aromatic rings. The van der Waals surface area contributed by atoms with E-state index in [1.165, 1.54) is 0 Å². The number of hydrogen-bond acceptors (Lipinski definition) is 2. The lowest BCUT2D eigenvalue weighted by Crippen LogP contribution is -2.39. The van der Waals surface area contributed by atoms with E-state index in [0.29, 0.717) is 24.3 Å². The molecule has 2 atom stereocenters. The van der Waals surface area contributed by atoms with Crippen LogP contribution in [0, 0.1) is 17.5 Å². The Morgan fingerprint density at radius 1 is 1.05 bits per heavy atom. The van der Waals surface area contributed by atoms with Crippen molar-refractivity contribution in [3.63, 3.8) is 0 Å². The molecular weight excluding hydrogens is 271 g/mol. The van der Waals surface area contributed by atoms with E-state index >= 15 is 0 Å². The van der Waals surface area contributed by atoms with Gasteiger partial charge in [-0.3, -0.25) is 0 Å². The largest absolute Gasteiger partial charge is 0.506 e. The van der Waals surface area contributed by atoms with Gasteiger partial charge in [0.1, 0.15) is 5.60 Å². The average Bonchev–Trinajstić information content (AvgIpc) is 2.38. The van der Waals surface area contributed by atoms with Gasteiger partial charge in [-0.05, 0) is 24.3 Å². The van der Waals surface area contributed by atoms with E-state index < -0.39 is 46.4 Å². The minimum absolute atomic E-state index is 0.484. The molecule has 2 nitrogen and oxygen atoms in total. The van der Waals surface area contributed by atoms with E-state index in [2.05, 4.69) is 0 Å². The van der Waals surface area contributed by atoms with E-state index in [4.69, 9.17) is 5.11 Å². The van der Waals surface area contributed by atoms with Gasteiger partial charge in [0.15, 0.2) is 35.2 Å². The zero-order valence-corrected chi connectivity index (χ0v) is 9.17. The zero-order valence-electron chi connectivity index (χ0n) is 9.17. The Labute approximate surface area is 104 Å². The molecule has 0 saturated heterocycles. The van der Waals surface area contributed by atoms with Crippen LogP contribution in [-0.4, -0.2) is 16.4 Å². The van der Waals surface area contributed by atoms with Gasteiger partial charge in [0.05, 0.1) is 0 Å². The van der Waals surface area contributed by atoms with Gasteiger partial charge < -0.3 is 10.2 Å². The third-order valence-corrected chi connectivity index (χ3v) is 2.82. The molecular formula is C12H7F5O2. The smallest absolute Gasteiger partial charge is 0.196 e. The van der Waals surface area contributed by atoms with Crippen molar-refractivity contribution in [3.8, 4) is 0 Å². The standard InChI is InChI=1S/C12H7F5O2/c13-6-2-1-5(8(15)9(6)16)12(19)4-3-7(14)10(18)11(12)17/h1-4,11,18-19H. The van der Waals surface area contributed by atoms with Crippen LogP contribution in [-0.2, 0) is 5.60 Å². The fraction of sp³-hybridized carbons (Fsp3) is 0.167. The van der Waals surface area contributed by atoms with Crippen LogP contribution in [0.25, 0.3) is 0 Å². The summed E-state index contributed by atoms with van der Waals surface area (Å²) in [7, 11) is 0. The van der Waals surface area contributed by atoms with E-state index in [-0.39, 0.29) is 0 Å². The molecule has 19 heavy (non-hydrogen) atoms. The van der Waals surface area contributed by atoms with Crippen LogP contribution in [0.4, 0.5) is 22.0 Å². The molecule has 0 fully saturated rings. The van der Waals surface area contributed by atoms with Gasteiger partial charge in [0.2, 0.25) is 0 Å². The molecule has 1 aliphatic carbocycles. The highest BCUT2D eigenvalue weighted by molar-refractivity contribution is 5.40. The number of aliphatic hydroxyl groups is 2. The SMILES string of the molecule is OC1=C(F)C=CC(O)(c2ccc(F)c(F)c2F)C1F. The average molecular weight is 278 g/mol. The summed E-state index contributed by atoms with van der Waals surface area (Å²) in [4.78, 5) is 0. The summed E-state index contributed by atoms with van der Waals surface area (Å²) in [6.07, 6.45) is -1.72. The van der Waals surface area contributed by atoms with Crippen LogP contribution in [0.5, 0.6) is 0 Å². The lowest BCUT2D eigenvalue weighted by Gasteiger charge is -2.31. The molecule has 0 saturated carbocycles. The number of allylic oxidation sites excluding steroid dienone is 2. The Morgan fingerprint density at radius 2 is 1.68 bits per heavy atom. The molecule has 0 heterocycles. The molecule has 0 aromatic heterocycles. The topological polar surface area (TPSA) is 40.5 Å². The second kappa shape index (κ2) is 4.34. The molecule has 0 spiro atoms. The maximum absolute atomic E-state index is 13.7. The monoisotopic (exact) mass is 278 g/mol. The molecule has 0 aliphatic heterocycles. The highest BCUT2D eigenvalue weighted by Crippen LogP contribution is 2.39. The normalized spacial score (nSPS) is 26.9. The third-order valence-electron chi connectivity index (χ3n) is 2.82. The Hall–Kier alpha value is -1.89. The summed E-state index contributed by atoms with van der Waals surface area (Å²) >= 11 is 0. The summed E-state index contributed by atoms with van der Waals surface area (Å²) in [5.74, 6) is -8.04. The predicted octanol–water partition coefficient (Wildman–Crippen LogP) is 2.94. The first-order valence-electron chi connectivity index (χ1n) is 5.07. The number of hydrogen-bond donors (Lipinski definition) is 2. The number of aliphatic hydroxyl groups excluding tert-OH is 1. The minimum atomic E-state index is -2.82. The number of benzene rings is 1. The molecule has 0 bridgehead atoms. The molecule has 102 valence electrons. The highest BCUT2D eigenvalue weighted by atomic mass is 19.2. The first-order chi connectivity index (χ1) is 8.79. The molecule has 7 heteroatoms. The summed E-state index contributed by atoms with van der Waals surface area (Å²) in [5, 5.41) is 19.0. The van der Waals surface area contributed by atoms with Gasteiger partial charge in [0.25, 0.3) is 0 Å². The Bertz CT molecular complexity index is 596. The molecule has 0 radical (unpaired) electrons. The number of rotatable bonds is 1. The minimum Gasteiger partial charge on any atom is -0.506 e. The van der Waals surface area contributed by atoms with E-state index in [0.717, 1.165) is 0 Å². The number of alkyl halides is 1. The van der Waals surface area contributed by atoms with Crippen LogP contribution >= 0.6 is 0 Å². The van der Waals surface area contributed by atoms with Gasteiger partial charge in [-0.25, -0.2) is 22.0 Å². The quantitative estimate of drug-likeness (QED) is 0.612. The van der Waals surface area contributed by atoms with Crippen molar-refractivity contribution in [1.82, 2.24) is 0 Å². The fourth-order valence-corrected chi connectivity index (χ4v) is 1.76. The van der Waals surface area contributed by atoms with Crippen molar-refractivity contribution < 1.29 is 32.2 Å². The van der Waals surface area contributed by atoms with Crippen molar-refractivity contribution in [2.24, 2.45) is 0 Å². The lowest BCUT2D eigenvalue weighted by molar-refractivity contribution is -0.00601. The van der Waals surface area contributed by atoms with Crippen LogP contribution in [0.15, 0.2) is 35.9 Å². The number of halogens is 5. The Kier molecular flexibility index (Phi) is 3.09. The Morgan fingerprint density at radius 3 is 2.32 bits per heavy atom. The second-order valence-electron chi connectivity index (χ2n) is 3.98. The molecule has 0 amide bonds. The molecule has 2 unspecified atom stereocenters. The lowest BCUT2D eigenvalue weighted by atomic mass is 9.84. The van der Waals surface area contributed by atoms with Gasteiger partial charge in [-0.1, -0.05) is 0 Å². The maximum atomic E-state index is 13.7. The Balaban J connectivity index is 2.60. The first kappa shape index (κ1) is 13.5. The summed E-state index contributed by atoms with van der Waals surface area (Å²) in [6, 6.07) is 1.10. The van der Waals surface area contributed by atoms with Gasteiger partial charge in [-0.15, -0.1) is 0 Å². The van der Waals surface area contributed by atoms with E-state index in [9.17, 15) is 27.1 Å². The summed E-state index contributed by atoms with van der Waals surface area (Å²) in [6.45, 7) is 0. The van der Waals surface area contributed by atoms with E-state index in [1.807, 2.05) is 0 Å². The van der Waals surface area contributed by atoms with Crippen LogP contribution in [0.2, 0.25) is 0 Å². The maximum Gasteiger partial charge on any atom is 0.196 e. The zero-order chi connectivity index (χ0) is 14.4. The predicted molar refractivity (Wildman–Crippen MR) is 55.0 cm³/mol. The van der Waals surface area contributed by atoms with Crippen molar-refractivity contribution >= 4 is 0 Å². The second-order valence-corrected chi connectivity index (χ2v) is 3.98. The molecule has 1 aromatic carbocycles. The molecule has 2 rings (SSSR count). The fourth-order valence-electron chi connectivity index (χ4n) is 1.76. The van der Waals surface area contributed by atoms with Crippen LogP contribution in [0.1, 0.15) is 5.56 Å². The van der Waals surface area contributed by atoms with Crippen molar-refractivity contribution in [2.45, 2.75) is 11.8 Å². The van der Waals surface area contributed by atoms with Crippen molar-refractivity contribution in [1.29, 1.82) is 0 Å². The summed E-state index contributed by atoms with van der Waals surface area (Å²) in [5.41, 5.74) is -3.77. The molecule has 2 N–H and O–H groups in total. The first-order valence-corrected chi connectivity index (χ1v) is 5.07.